The predicted molar refractivity (Wildman–Crippen MR) is 78.0 cm³/mol. The Labute approximate surface area is 120 Å². The highest BCUT2D eigenvalue weighted by molar-refractivity contribution is 5.75. The van der Waals surface area contributed by atoms with Crippen LogP contribution in [0.4, 0.5) is 0 Å². The second-order valence-corrected chi connectivity index (χ2v) is 5.58. The number of hydrogen-bond acceptors (Lipinski definition) is 3. The van der Waals surface area contributed by atoms with Crippen LogP contribution in [0, 0.1) is 5.41 Å². The maximum absolute atomic E-state index is 11.5. The lowest BCUT2D eigenvalue weighted by Gasteiger charge is -2.28. The Morgan fingerprint density at radius 3 is 2.75 bits per heavy atom. The molecule has 2 atom stereocenters. The fraction of sp³-hybridized carbons (Fsp3) is 0.562. The Morgan fingerprint density at radius 2 is 2.20 bits per heavy atom. The van der Waals surface area contributed by atoms with E-state index in [1.807, 2.05) is 25.1 Å². The first-order chi connectivity index (χ1) is 9.54. The summed E-state index contributed by atoms with van der Waals surface area (Å²) in [4.78, 5) is 13.8. The van der Waals surface area contributed by atoms with Gasteiger partial charge in [-0.3, -0.25) is 9.69 Å². The monoisotopic (exact) mass is 277 g/mol. The summed E-state index contributed by atoms with van der Waals surface area (Å²) >= 11 is 0. The molecule has 1 aromatic carbocycles. The van der Waals surface area contributed by atoms with Gasteiger partial charge in [0.05, 0.1) is 12.5 Å². The van der Waals surface area contributed by atoms with Crippen molar-refractivity contribution >= 4 is 5.97 Å². The Kier molecular flexibility index (Phi) is 4.33. The number of rotatable bonds is 5. The minimum atomic E-state index is -0.672. The molecule has 1 N–H and O–H groups in total. The fourth-order valence-electron chi connectivity index (χ4n) is 3.06. The number of nitrogens with zero attached hydrogens (tertiary/aromatic N) is 1. The molecule has 1 aliphatic rings. The zero-order valence-corrected chi connectivity index (χ0v) is 12.4. The Bertz CT molecular complexity index is 488. The smallest absolute Gasteiger partial charge is 0.310 e. The summed E-state index contributed by atoms with van der Waals surface area (Å²) in [7, 11) is 1.67. The molecule has 1 fully saturated rings. The van der Waals surface area contributed by atoms with Gasteiger partial charge in [0.15, 0.2) is 0 Å². The van der Waals surface area contributed by atoms with E-state index in [1.165, 1.54) is 0 Å². The molecule has 0 saturated carbocycles. The molecule has 1 aliphatic heterocycles. The molecule has 2 rings (SSSR count). The third-order valence-electron chi connectivity index (χ3n) is 4.65. The summed E-state index contributed by atoms with van der Waals surface area (Å²) in [6.07, 6.45) is 1.40. The maximum Gasteiger partial charge on any atom is 0.310 e. The molecule has 0 aliphatic carbocycles. The van der Waals surface area contributed by atoms with E-state index < -0.39 is 11.4 Å². The van der Waals surface area contributed by atoms with Crippen LogP contribution < -0.4 is 4.74 Å². The van der Waals surface area contributed by atoms with Crippen molar-refractivity contribution in [3.05, 3.63) is 29.8 Å². The number of likely N-dealkylation sites (tertiary alicyclic amines) is 1. The Morgan fingerprint density at radius 1 is 1.50 bits per heavy atom. The molecule has 0 amide bonds. The van der Waals surface area contributed by atoms with Gasteiger partial charge >= 0.3 is 5.97 Å². The summed E-state index contributed by atoms with van der Waals surface area (Å²) in [6.45, 7) is 5.51. The highest BCUT2D eigenvalue weighted by atomic mass is 16.5. The Hall–Kier alpha value is -1.55. The Balaban J connectivity index is 2.19. The first kappa shape index (κ1) is 14.9. The van der Waals surface area contributed by atoms with Gasteiger partial charge in [-0.1, -0.05) is 25.1 Å². The summed E-state index contributed by atoms with van der Waals surface area (Å²) in [5, 5.41) is 9.48. The van der Waals surface area contributed by atoms with Crippen molar-refractivity contribution < 1.29 is 14.6 Å². The zero-order valence-electron chi connectivity index (χ0n) is 12.4. The van der Waals surface area contributed by atoms with Gasteiger partial charge in [0.2, 0.25) is 0 Å². The van der Waals surface area contributed by atoms with Gasteiger partial charge in [0, 0.05) is 18.2 Å². The standard InChI is InChI=1S/C16H23NO3/c1-4-16(15(18)19)9-10-17(11-16)12(2)13-7-5-6-8-14(13)20-3/h5-8,12H,4,9-11H2,1-3H3,(H,18,19). The van der Waals surface area contributed by atoms with Crippen LogP contribution >= 0.6 is 0 Å². The van der Waals surface area contributed by atoms with E-state index in [1.54, 1.807) is 7.11 Å². The largest absolute Gasteiger partial charge is 0.496 e. The van der Waals surface area contributed by atoms with E-state index in [-0.39, 0.29) is 6.04 Å². The number of carbonyl (C=O) groups is 1. The number of benzene rings is 1. The minimum Gasteiger partial charge on any atom is -0.496 e. The van der Waals surface area contributed by atoms with Crippen molar-refractivity contribution in [1.82, 2.24) is 4.90 Å². The van der Waals surface area contributed by atoms with Gasteiger partial charge in [-0.05, 0) is 32.4 Å². The molecule has 1 saturated heterocycles. The molecule has 0 aromatic heterocycles. The average molecular weight is 277 g/mol. The van der Waals surface area contributed by atoms with Gasteiger partial charge < -0.3 is 9.84 Å². The lowest BCUT2D eigenvalue weighted by atomic mass is 9.84. The molecule has 1 aromatic rings. The van der Waals surface area contributed by atoms with Crippen LogP contribution in [0.15, 0.2) is 24.3 Å². The van der Waals surface area contributed by atoms with Gasteiger partial charge in [-0.15, -0.1) is 0 Å². The van der Waals surface area contributed by atoms with E-state index in [0.29, 0.717) is 13.0 Å². The molecule has 20 heavy (non-hydrogen) atoms. The highest BCUT2D eigenvalue weighted by Crippen LogP contribution is 2.39. The van der Waals surface area contributed by atoms with Crippen molar-refractivity contribution in [2.24, 2.45) is 5.41 Å². The minimum absolute atomic E-state index is 0.166. The van der Waals surface area contributed by atoms with Crippen LogP contribution in [0.2, 0.25) is 0 Å². The molecule has 1 heterocycles. The molecule has 4 heteroatoms. The number of methoxy groups -OCH3 is 1. The third kappa shape index (κ3) is 2.52. The first-order valence-electron chi connectivity index (χ1n) is 7.14. The van der Waals surface area contributed by atoms with Crippen molar-refractivity contribution in [1.29, 1.82) is 0 Å². The average Bonchev–Trinajstić information content (AvgIpc) is 2.92. The lowest BCUT2D eigenvalue weighted by molar-refractivity contribution is -0.148. The van der Waals surface area contributed by atoms with Crippen molar-refractivity contribution in [2.45, 2.75) is 32.7 Å². The van der Waals surface area contributed by atoms with Crippen LogP contribution in [0.5, 0.6) is 5.75 Å². The molecule has 0 spiro atoms. The SMILES string of the molecule is CCC1(C(=O)O)CCN(C(C)c2ccccc2OC)C1. The van der Waals surface area contributed by atoms with E-state index in [0.717, 1.165) is 24.3 Å². The van der Waals surface area contributed by atoms with Crippen LogP contribution in [0.3, 0.4) is 0 Å². The third-order valence-corrected chi connectivity index (χ3v) is 4.65. The number of aliphatic carboxylic acids is 1. The number of hydrogen-bond donors (Lipinski definition) is 1. The zero-order chi connectivity index (χ0) is 14.8. The molecule has 0 bridgehead atoms. The molecule has 0 radical (unpaired) electrons. The van der Waals surface area contributed by atoms with Gasteiger partial charge in [-0.25, -0.2) is 0 Å². The van der Waals surface area contributed by atoms with Crippen LogP contribution in [0.25, 0.3) is 0 Å². The molecule has 2 unspecified atom stereocenters. The predicted octanol–water partition coefficient (Wildman–Crippen LogP) is 2.94. The van der Waals surface area contributed by atoms with Crippen LogP contribution in [0.1, 0.15) is 38.3 Å². The fourth-order valence-corrected chi connectivity index (χ4v) is 3.06. The topological polar surface area (TPSA) is 49.8 Å². The van der Waals surface area contributed by atoms with Crippen molar-refractivity contribution in [3.63, 3.8) is 0 Å². The normalized spacial score (nSPS) is 24.6. The second kappa shape index (κ2) is 5.83. The second-order valence-electron chi connectivity index (χ2n) is 5.58. The van der Waals surface area contributed by atoms with E-state index >= 15 is 0 Å². The first-order valence-corrected chi connectivity index (χ1v) is 7.14. The summed E-state index contributed by atoms with van der Waals surface area (Å²) in [5.41, 5.74) is 0.531. The van der Waals surface area contributed by atoms with Crippen molar-refractivity contribution in [2.75, 3.05) is 20.2 Å². The number of ether oxygens (including phenoxy) is 1. The number of carboxylic acids is 1. The maximum atomic E-state index is 11.5. The summed E-state index contributed by atoms with van der Waals surface area (Å²) < 4.78 is 5.41. The van der Waals surface area contributed by atoms with Gasteiger partial charge in [0.1, 0.15) is 5.75 Å². The summed E-state index contributed by atoms with van der Waals surface area (Å²) in [5.74, 6) is 0.194. The van der Waals surface area contributed by atoms with Crippen LogP contribution in [-0.4, -0.2) is 36.2 Å². The number of para-hydroxylation sites is 1. The van der Waals surface area contributed by atoms with Gasteiger partial charge in [0.25, 0.3) is 0 Å². The van der Waals surface area contributed by atoms with Gasteiger partial charge in [-0.2, -0.15) is 0 Å². The molecule has 4 nitrogen and oxygen atoms in total. The molecular weight excluding hydrogens is 254 g/mol. The van der Waals surface area contributed by atoms with E-state index in [4.69, 9.17) is 4.74 Å². The number of carboxylic acid groups (broad SMARTS) is 1. The van der Waals surface area contributed by atoms with Crippen molar-refractivity contribution in [3.8, 4) is 5.75 Å². The highest BCUT2D eigenvalue weighted by Gasteiger charge is 2.44. The van der Waals surface area contributed by atoms with E-state index in [2.05, 4.69) is 17.9 Å². The lowest BCUT2D eigenvalue weighted by Crippen LogP contribution is -2.35. The quantitative estimate of drug-likeness (QED) is 0.899. The molecular formula is C16H23NO3. The van der Waals surface area contributed by atoms with Crippen LogP contribution in [-0.2, 0) is 4.79 Å². The van der Waals surface area contributed by atoms with E-state index in [9.17, 15) is 9.90 Å². The molecule has 110 valence electrons. The summed E-state index contributed by atoms with van der Waals surface area (Å²) in [6, 6.07) is 8.11.